The van der Waals surface area contributed by atoms with E-state index in [2.05, 4.69) is 17.0 Å². The van der Waals surface area contributed by atoms with Crippen LogP contribution in [0.1, 0.15) is 45.5 Å². The van der Waals surface area contributed by atoms with Gasteiger partial charge < -0.3 is 29.0 Å². The predicted molar refractivity (Wildman–Crippen MR) is 131 cm³/mol. The maximum absolute atomic E-state index is 14.0. The maximum Gasteiger partial charge on any atom is 0.241 e. The second-order valence-electron chi connectivity index (χ2n) is 9.68. The number of piperazine rings is 1. The highest BCUT2D eigenvalue weighted by molar-refractivity contribution is 5.86. The van der Waals surface area contributed by atoms with E-state index in [0.29, 0.717) is 24.3 Å². The van der Waals surface area contributed by atoms with E-state index in [-0.39, 0.29) is 30.6 Å². The molecule has 0 aliphatic carbocycles. The number of carbonyl (C=O) groups excluding carboxylic acids is 1. The van der Waals surface area contributed by atoms with Crippen molar-refractivity contribution in [2.75, 3.05) is 42.1 Å². The van der Waals surface area contributed by atoms with Gasteiger partial charge in [-0.1, -0.05) is 6.07 Å². The number of fused-ring (bicyclic) bond motifs is 7. The monoisotopic (exact) mass is 482 g/mol. The van der Waals surface area contributed by atoms with Crippen molar-refractivity contribution in [2.24, 2.45) is 0 Å². The Morgan fingerprint density at radius 2 is 1.66 bits per heavy atom. The first-order chi connectivity index (χ1) is 16.8. The van der Waals surface area contributed by atoms with Crippen molar-refractivity contribution in [1.29, 1.82) is 0 Å². The lowest BCUT2D eigenvalue weighted by molar-refractivity contribution is -0.158. The van der Waals surface area contributed by atoms with Crippen LogP contribution in [0.15, 0.2) is 12.1 Å². The number of benzene rings is 2. The molecule has 4 atom stereocenters. The van der Waals surface area contributed by atoms with Gasteiger partial charge in [0.15, 0.2) is 11.5 Å². The molecule has 3 aliphatic heterocycles. The number of methoxy groups -OCH3 is 4. The first-order valence-electron chi connectivity index (χ1n) is 12.0. The van der Waals surface area contributed by atoms with Crippen LogP contribution in [0.25, 0.3) is 0 Å². The molecule has 1 saturated heterocycles. The lowest BCUT2D eigenvalue weighted by atomic mass is 9.74. The van der Waals surface area contributed by atoms with E-state index in [4.69, 9.17) is 18.9 Å². The molecular weight excluding hydrogens is 448 g/mol. The highest BCUT2D eigenvalue weighted by atomic mass is 16.5. The fourth-order valence-electron chi connectivity index (χ4n) is 6.73. The van der Waals surface area contributed by atoms with Gasteiger partial charge in [0.2, 0.25) is 5.91 Å². The number of nitrogens with zero attached hydrogens (tertiary/aromatic N) is 2. The Morgan fingerprint density at radius 1 is 0.971 bits per heavy atom. The smallest absolute Gasteiger partial charge is 0.241 e. The molecule has 0 radical (unpaired) electrons. The van der Waals surface area contributed by atoms with Gasteiger partial charge in [-0.25, -0.2) is 0 Å². The zero-order valence-electron chi connectivity index (χ0n) is 21.5. The molecule has 2 aromatic carbocycles. The molecule has 1 amide bonds. The van der Waals surface area contributed by atoms with E-state index in [9.17, 15) is 9.90 Å². The van der Waals surface area contributed by atoms with Gasteiger partial charge in [0.05, 0.1) is 59.2 Å². The number of likely N-dealkylation sites (N-methyl/N-ethyl adjacent to an activating group) is 1. The van der Waals surface area contributed by atoms with Crippen LogP contribution < -0.4 is 18.9 Å². The first-order valence-corrected chi connectivity index (χ1v) is 12.0. The van der Waals surface area contributed by atoms with E-state index < -0.39 is 6.04 Å². The van der Waals surface area contributed by atoms with Gasteiger partial charge in [-0.15, -0.1) is 0 Å². The number of ether oxygens (including phenoxy) is 4. The summed E-state index contributed by atoms with van der Waals surface area (Å²) in [6.45, 7) is 3.78. The Balaban J connectivity index is 1.74. The van der Waals surface area contributed by atoms with Crippen molar-refractivity contribution in [2.45, 2.75) is 50.9 Å². The summed E-state index contributed by atoms with van der Waals surface area (Å²) in [4.78, 5) is 18.1. The number of aryl methyl sites for hydroxylation is 1. The van der Waals surface area contributed by atoms with Crippen molar-refractivity contribution in [1.82, 2.24) is 9.80 Å². The molecule has 8 heteroatoms. The summed E-state index contributed by atoms with van der Waals surface area (Å²) in [6, 6.07) is 3.10. The molecule has 1 fully saturated rings. The lowest BCUT2D eigenvalue weighted by Gasteiger charge is -2.57. The summed E-state index contributed by atoms with van der Waals surface area (Å²) in [7, 11) is 8.58. The van der Waals surface area contributed by atoms with Crippen LogP contribution in [0.5, 0.6) is 23.0 Å². The minimum absolute atomic E-state index is 0.0150. The van der Waals surface area contributed by atoms with Crippen molar-refractivity contribution in [3.63, 3.8) is 0 Å². The van der Waals surface area contributed by atoms with E-state index in [1.165, 1.54) is 0 Å². The second kappa shape index (κ2) is 8.60. The fraction of sp³-hybridized carbons (Fsp3) is 0.519. The van der Waals surface area contributed by atoms with Gasteiger partial charge in [0.1, 0.15) is 11.5 Å². The molecule has 2 aromatic rings. The molecule has 3 heterocycles. The minimum Gasteiger partial charge on any atom is -0.496 e. The second-order valence-corrected chi connectivity index (χ2v) is 9.68. The van der Waals surface area contributed by atoms with Crippen LogP contribution in [-0.2, 0) is 17.6 Å². The van der Waals surface area contributed by atoms with E-state index in [1.54, 1.807) is 28.4 Å². The number of aliphatic hydroxyl groups excluding tert-OH is 1. The molecule has 0 spiro atoms. The third kappa shape index (κ3) is 3.16. The van der Waals surface area contributed by atoms with Crippen LogP contribution in [0.4, 0.5) is 0 Å². The zero-order valence-corrected chi connectivity index (χ0v) is 21.5. The normalized spacial score (nSPS) is 24.9. The minimum atomic E-state index is -0.518. The number of aliphatic hydroxyl groups is 1. The molecule has 1 N–H and O–H groups in total. The van der Waals surface area contributed by atoms with Gasteiger partial charge >= 0.3 is 0 Å². The summed E-state index contributed by atoms with van der Waals surface area (Å²) in [5.41, 5.74) is 5.99. The lowest BCUT2D eigenvalue weighted by Crippen LogP contribution is -2.66. The average molecular weight is 483 g/mol. The SMILES string of the molecule is COc1cc2c(c(OC)c1C)C[C@H]1C(=O)N3[C@@H](CO)c4c(cc(C)c(OC)c4OC)C[C@H]3[C@@H]2N1C. The van der Waals surface area contributed by atoms with Gasteiger partial charge in [0.25, 0.3) is 0 Å². The van der Waals surface area contributed by atoms with E-state index in [1.807, 2.05) is 25.8 Å². The Kier molecular flexibility index (Phi) is 5.84. The Morgan fingerprint density at radius 3 is 2.26 bits per heavy atom. The molecule has 0 aromatic heterocycles. The Labute approximate surface area is 206 Å². The van der Waals surface area contributed by atoms with Gasteiger partial charge in [-0.05, 0) is 50.1 Å². The summed E-state index contributed by atoms with van der Waals surface area (Å²) < 4.78 is 23.0. The Hall–Kier alpha value is -2.97. The molecular formula is C27H34N2O6. The van der Waals surface area contributed by atoms with Crippen molar-refractivity contribution in [3.8, 4) is 23.0 Å². The number of hydrogen-bond donors (Lipinski definition) is 1. The molecule has 188 valence electrons. The van der Waals surface area contributed by atoms with Crippen LogP contribution >= 0.6 is 0 Å². The van der Waals surface area contributed by atoms with Crippen molar-refractivity contribution >= 4 is 5.91 Å². The summed E-state index contributed by atoms with van der Waals surface area (Å²) in [5, 5.41) is 10.6. The summed E-state index contributed by atoms with van der Waals surface area (Å²) in [5.74, 6) is 2.81. The number of amides is 1. The topological polar surface area (TPSA) is 80.7 Å². The van der Waals surface area contributed by atoms with Crippen LogP contribution in [-0.4, -0.2) is 75.0 Å². The van der Waals surface area contributed by atoms with Crippen LogP contribution in [0.3, 0.4) is 0 Å². The van der Waals surface area contributed by atoms with Gasteiger partial charge in [0, 0.05) is 23.1 Å². The third-order valence-corrected chi connectivity index (χ3v) is 8.18. The van der Waals surface area contributed by atoms with Gasteiger partial charge in [-0.2, -0.15) is 0 Å². The highest BCUT2D eigenvalue weighted by Gasteiger charge is 2.54. The quantitative estimate of drug-likeness (QED) is 0.702. The number of carbonyl (C=O) groups is 1. The van der Waals surface area contributed by atoms with E-state index in [0.717, 1.165) is 44.9 Å². The third-order valence-electron chi connectivity index (χ3n) is 8.18. The largest absolute Gasteiger partial charge is 0.496 e. The van der Waals surface area contributed by atoms with Gasteiger partial charge in [-0.3, -0.25) is 9.69 Å². The fourth-order valence-corrected chi connectivity index (χ4v) is 6.73. The maximum atomic E-state index is 14.0. The summed E-state index contributed by atoms with van der Waals surface area (Å²) >= 11 is 0. The molecule has 35 heavy (non-hydrogen) atoms. The van der Waals surface area contributed by atoms with Crippen LogP contribution in [0.2, 0.25) is 0 Å². The Bertz CT molecular complexity index is 1200. The molecule has 5 rings (SSSR count). The zero-order chi connectivity index (χ0) is 25.2. The summed E-state index contributed by atoms with van der Waals surface area (Å²) in [6.07, 6.45) is 1.18. The molecule has 0 saturated carbocycles. The number of hydrogen-bond acceptors (Lipinski definition) is 7. The van der Waals surface area contributed by atoms with Crippen molar-refractivity contribution in [3.05, 3.63) is 45.5 Å². The molecule has 3 aliphatic rings. The predicted octanol–water partition coefficient (Wildman–Crippen LogP) is 2.74. The van der Waals surface area contributed by atoms with E-state index >= 15 is 0 Å². The average Bonchev–Trinajstić information content (AvgIpc) is 2.85. The molecule has 0 unspecified atom stereocenters. The first kappa shape index (κ1) is 23.8. The van der Waals surface area contributed by atoms with Crippen molar-refractivity contribution < 1.29 is 28.8 Å². The molecule has 8 nitrogen and oxygen atoms in total. The number of rotatable bonds is 5. The van der Waals surface area contributed by atoms with Crippen LogP contribution in [0, 0.1) is 13.8 Å². The molecule has 2 bridgehead atoms. The standard InChI is InChI=1S/C27H34N2O6/c1-13-8-15-9-18-23-16-11-21(32-4)14(2)25(34-6)17(16)10-19(28(23)3)27(31)29(18)20(12-30)22(15)26(35-7)24(13)33-5/h8,11,18-20,23,30H,9-10,12H2,1-7H3/t18-,19-,20-,23+/m0/s1. The highest BCUT2D eigenvalue weighted by Crippen LogP contribution is 2.53.